The number of hydrogen-bond acceptors (Lipinski definition) is 3. The summed E-state index contributed by atoms with van der Waals surface area (Å²) in [7, 11) is 1.77. The van der Waals surface area contributed by atoms with E-state index in [9.17, 15) is 13.2 Å². The van der Waals surface area contributed by atoms with Crippen LogP contribution in [-0.4, -0.2) is 27.3 Å². The average Bonchev–Trinajstić information content (AvgIpc) is 2.97. The summed E-state index contributed by atoms with van der Waals surface area (Å²) in [5.41, 5.74) is -0.140. The van der Waals surface area contributed by atoms with Gasteiger partial charge in [-0.05, 0) is 31.5 Å². The molecule has 0 fully saturated rings. The summed E-state index contributed by atoms with van der Waals surface area (Å²) >= 11 is 0. The molecule has 0 saturated heterocycles. The van der Waals surface area contributed by atoms with Gasteiger partial charge in [0.2, 0.25) is 0 Å². The van der Waals surface area contributed by atoms with E-state index < -0.39 is 11.7 Å². The van der Waals surface area contributed by atoms with E-state index in [2.05, 4.69) is 25.7 Å². The van der Waals surface area contributed by atoms with E-state index in [1.165, 1.54) is 12.4 Å². The predicted molar refractivity (Wildman–Crippen MR) is 104 cm³/mol. The molecule has 6 nitrogen and oxygen atoms in total. The van der Waals surface area contributed by atoms with Gasteiger partial charge in [-0.2, -0.15) is 18.3 Å². The molecule has 2 rings (SSSR count). The lowest BCUT2D eigenvalue weighted by Gasteiger charge is -2.19. The number of rotatable bonds is 5. The van der Waals surface area contributed by atoms with E-state index in [0.29, 0.717) is 30.4 Å². The molecule has 1 aromatic carbocycles. The molecule has 0 aliphatic rings. The van der Waals surface area contributed by atoms with Gasteiger partial charge in [0.05, 0.1) is 11.6 Å². The van der Waals surface area contributed by atoms with Crippen LogP contribution in [0, 0.1) is 0 Å². The highest BCUT2D eigenvalue weighted by molar-refractivity contribution is 14.0. The molecule has 0 aliphatic carbocycles. The van der Waals surface area contributed by atoms with Crippen molar-refractivity contribution in [3.05, 3.63) is 47.5 Å². The van der Waals surface area contributed by atoms with E-state index in [1.54, 1.807) is 24.7 Å². The van der Waals surface area contributed by atoms with Crippen LogP contribution in [0.25, 0.3) is 0 Å². The van der Waals surface area contributed by atoms with Crippen LogP contribution in [0.15, 0.2) is 35.6 Å². The zero-order valence-electron chi connectivity index (χ0n) is 14.7. The van der Waals surface area contributed by atoms with Crippen LogP contribution in [0.4, 0.5) is 13.2 Å². The quantitative estimate of drug-likeness (QED) is 0.390. The number of alkyl halides is 3. The number of nitrogens with one attached hydrogen (secondary N) is 2. The van der Waals surface area contributed by atoms with E-state index in [0.717, 1.165) is 12.1 Å². The van der Waals surface area contributed by atoms with E-state index >= 15 is 0 Å². The number of aromatic nitrogens is 3. The van der Waals surface area contributed by atoms with Crippen molar-refractivity contribution in [3.63, 3.8) is 0 Å². The van der Waals surface area contributed by atoms with Crippen molar-refractivity contribution in [3.8, 4) is 0 Å². The van der Waals surface area contributed by atoms with Gasteiger partial charge in [0.15, 0.2) is 5.96 Å². The van der Waals surface area contributed by atoms with Gasteiger partial charge >= 0.3 is 6.18 Å². The first-order chi connectivity index (χ1) is 11.8. The van der Waals surface area contributed by atoms with Crippen molar-refractivity contribution in [2.45, 2.75) is 32.6 Å². The lowest BCUT2D eigenvalue weighted by molar-refractivity contribution is -0.137. The van der Waals surface area contributed by atoms with Crippen LogP contribution in [-0.2, 0) is 19.8 Å². The normalized spacial score (nSPS) is 13.1. The van der Waals surface area contributed by atoms with Gasteiger partial charge in [-0.1, -0.05) is 12.1 Å². The molecular formula is C16H22F3IN6. The summed E-state index contributed by atoms with van der Waals surface area (Å²) in [6, 6.07) is 4.91. The number of nitrogens with zero attached hydrogens (tertiary/aromatic N) is 4. The number of benzene rings is 1. The molecule has 2 N–H and O–H groups in total. The molecule has 0 aliphatic heterocycles. The molecule has 2 aromatic rings. The minimum absolute atomic E-state index is 0. The highest BCUT2D eigenvalue weighted by Gasteiger charge is 2.30. The summed E-state index contributed by atoms with van der Waals surface area (Å²) in [5.74, 6) is 1.18. The summed E-state index contributed by atoms with van der Waals surface area (Å²) in [6.07, 6.45) is -2.92. The molecular weight excluding hydrogens is 460 g/mol. The molecule has 1 heterocycles. The first-order valence-corrected chi connectivity index (χ1v) is 7.86. The minimum atomic E-state index is -4.36. The van der Waals surface area contributed by atoms with E-state index in [1.807, 2.05) is 6.92 Å². The van der Waals surface area contributed by atoms with Crippen molar-refractivity contribution in [1.82, 2.24) is 25.4 Å². The lowest BCUT2D eigenvalue weighted by atomic mass is 10.1. The van der Waals surface area contributed by atoms with Gasteiger partial charge in [0, 0.05) is 13.6 Å². The zero-order chi connectivity index (χ0) is 18.4. The van der Waals surface area contributed by atoms with Crippen LogP contribution >= 0.6 is 24.0 Å². The van der Waals surface area contributed by atoms with Crippen molar-refractivity contribution in [2.24, 2.45) is 12.0 Å². The summed E-state index contributed by atoms with van der Waals surface area (Å²) in [6.45, 7) is 4.63. The fraction of sp³-hybridized carbons (Fsp3) is 0.438. The predicted octanol–water partition coefficient (Wildman–Crippen LogP) is 3.27. The third-order valence-electron chi connectivity index (χ3n) is 3.60. The second-order valence-corrected chi connectivity index (χ2v) is 5.48. The second kappa shape index (κ2) is 9.74. The number of hydrogen-bond donors (Lipinski definition) is 2. The molecule has 1 atom stereocenters. The first kappa shape index (κ1) is 22.2. The monoisotopic (exact) mass is 482 g/mol. The number of halogens is 4. The molecule has 0 spiro atoms. The van der Waals surface area contributed by atoms with Crippen molar-refractivity contribution < 1.29 is 13.2 Å². The Morgan fingerprint density at radius 2 is 2.08 bits per heavy atom. The maximum atomic E-state index is 12.9. The number of guanidine groups is 1. The van der Waals surface area contributed by atoms with Crippen molar-refractivity contribution in [1.29, 1.82) is 0 Å². The smallest absolute Gasteiger partial charge is 0.357 e. The van der Waals surface area contributed by atoms with Crippen LogP contribution in [0.5, 0.6) is 0 Å². The fourth-order valence-electron chi connectivity index (χ4n) is 2.21. The Hall–Kier alpha value is -1.85. The maximum Gasteiger partial charge on any atom is 0.416 e. The standard InChI is InChI=1S/C16H21F3N6.HI/c1-4-20-15(21-9-14-22-10-23-25(14)3)24-11(2)12-6-5-7-13(8-12)16(17,18)19;/h5-8,10-11H,4,9H2,1-3H3,(H2,20,21,24);1H. The Balaban J connectivity index is 0.00000338. The number of aryl methyl sites for hydroxylation is 1. The molecule has 0 bridgehead atoms. The minimum Gasteiger partial charge on any atom is -0.357 e. The van der Waals surface area contributed by atoms with Crippen LogP contribution < -0.4 is 10.6 Å². The van der Waals surface area contributed by atoms with Gasteiger partial charge < -0.3 is 10.6 Å². The Morgan fingerprint density at radius 3 is 2.65 bits per heavy atom. The third-order valence-corrected chi connectivity index (χ3v) is 3.60. The largest absolute Gasteiger partial charge is 0.416 e. The van der Waals surface area contributed by atoms with Gasteiger partial charge in [0.25, 0.3) is 0 Å². The Morgan fingerprint density at radius 1 is 1.35 bits per heavy atom. The second-order valence-electron chi connectivity index (χ2n) is 5.48. The van der Waals surface area contributed by atoms with Gasteiger partial charge in [-0.15, -0.1) is 24.0 Å². The van der Waals surface area contributed by atoms with Gasteiger partial charge in [-0.25, -0.2) is 9.98 Å². The van der Waals surface area contributed by atoms with Crippen molar-refractivity contribution in [2.75, 3.05) is 6.54 Å². The molecule has 26 heavy (non-hydrogen) atoms. The molecule has 1 aromatic heterocycles. The number of aliphatic imine (C=N–C) groups is 1. The zero-order valence-corrected chi connectivity index (χ0v) is 17.0. The van der Waals surface area contributed by atoms with Gasteiger partial charge in [0.1, 0.15) is 18.7 Å². The lowest BCUT2D eigenvalue weighted by Crippen LogP contribution is -2.38. The molecule has 144 valence electrons. The average molecular weight is 482 g/mol. The van der Waals surface area contributed by atoms with Crippen LogP contribution in [0.2, 0.25) is 0 Å². The SMILES string of the molecule is CCNC(=NCc1ncnn1C)NC(C)c1cccc(C(F)(F)F)c1.I. The van der Waals surface area contributed by atoms with Crippen molar-refractivity contribution >= 4 is 29.9 Å². The third kappa shape index (κ3) is 6.15. The highest BCUT2D eigenvalue weighted by Crippen LogP contribution is 2.30. The molecule has 10 heteroatoms. The highest BCUT2D eigenvalue weighted by atomic mass is 127. The maximum absolute atomic E-state index is 12.9. The molecule has 0 radical (unpaired) electrons. The van der Waals surface area contributed by atoms with Crippen LogP contribution in [0.3, 0.4) is 0 Å². The molecule has 0 saturated carbocycles. The van der Waals surface area contributed by atoms with E-state index in [4.69, 9.17) is 0 Å². The Kier molecular flexibility index (Phi) is 8.31. The molecule has 1 unspecified atom stereocenters. The van der Waals surface area contributed by atoms with Gasteiger partial charge in [-0.3, -0.25) is 4.68 Å². The Bertz CT molecular complexity index is 729. The summed E-state index contributed by atoms with van der Waals surface area (Å²) < 4.78 is 40.2. The molecule has 0 amide bonds. The summed E-state index contributed by atoms with van der Waals surface area (Å²) in [5, 5.41) is 10.1. The fourth-order valence-corrected chi connectivity index (χ4v) is 2.21. The summed E-state index contributed by atoms with van der Waals surface area (Å²) in [4.78, 5) is 8.49. The van der Waals surface area contributed by atoms with E-state index in [-0.39, 0.29) is 30.0 Å². The van der Waals surface area contributed by atoms with Crippen LogP contribution in [0.1, 0.15) is 36.8 Å². The first-order valence-electron chi connectivity index (χ1n) is 7.86. The Labute approximate surface area is 167 Å². The topological polar surface area (TPSA) is 67.1 Å².